The van der Waals surface area contributed by atoms with Gasteiger partial charge in [0.25, 0.3) is 5.91 Å². The lowest BCUT2D eigenvalue weighted by molar-refractivity contribution is 0.102. The summed E-state index contributed by atoms with van der Waals surface area (Å²) in [6, 6.07) is 11.3. The molecule has 0 atom stereocenters. The fourth-order valence-corrected chi connectivity index (χ4v) is 2.59. The molecule has 3 rings (SSSR count). The molecule has 0 fully saturated rings. The third-order valence-corrected chi connectivity index (χ3v) is 3.94. The highest BCUT2D eigenvalue weighted by molar-refractivity contribution is 6.32. The molecule has 2 aromatic carbocycles. The minimum Gasteiger partial charge on any atom is -0.495 e. The van der Waals surface area contributed by atoms with Crippen molar-refractivity contribution in [3.05, 3.63) is 76.9 Å². The Bertz CT molecular complexity index is 978. The maximum Gasteiger partial charge on any atom is 0.256 e. The smallest absolute Gasteiger partial charge is 0.256 e. The number of anilines is 3. The molecule has 0 unspecified atom stereocenters. The molecule has 2 N–H and O–H groups in total. The second kappa shape index (κ2) is 8.01. The van der Waals surface area contributed by atoms with Crippen molar-refractivity contribution in [2.24, 2.45) is 0 Å². The van der Waals surface area contributed by atoms with Gasteiger partial charge in [-0.2, -0.15) is 0 Å². The third-order valence-electron chi connectivity index (χ3n) is 3.65. The Hall–Kier alpha value is -3.19. The highest BCUT2D eigenvalue weighted by Crippen LogP contribution is 2.28. The van der Waals surface area contributed by atoms with Crippen molar-refractivity contribution < 1.29 is 18.3 Å². The van der Waals surface area contributed by atoms with E-state index in [1.54, 1.807) is 18.2 Å². The molecule has 8 heteroatoms. The predicted octanol–water partition coefficient (Wildman–Crippen LogP) is 5.02. The number of hydrogen-bond donors (Lipinski definition) is 2. The quantitative estimate of drug-likeness (QED) is 0.643. The Labute approximate surface area is 159 Å². The number of methoxy groups -OCH3 is 1. The van der Waals surface area contributed by atoms with Crippen molar-refractivity contribution in [2.45, 2.75) is 0 Å². The minimum atomic E-state index is -0.858. The van der Waals surface area contributed by atoms with Crippen molar-refractivity contribution in [2.75, 3.05) is 17.7 Å². The van der Waals surface area contributed by atoms with Crippen LogP contribution < -0.4 is 15.4 Å². The molecule has 0 saturated carbocycles. The number of carbonyl (C=O) groups excluding carboxylic acids is 1. The van der Waals surface area contributed by atoms with Gasteiger partial charge in [-0.1, -0.05) is 17.7 Å². The summed E-state index contributed by atoms with van der Waals surface area (Å²) in [5, 5.41) is 5.64. The van der Waals surface area contributed by atoms with E-state index in [9.17, 15) is 13.6 Å². The normalized spacial score (nSPS) is 10.4. The first-order valence-electron chi connectivity index (χ1n) is 7.80. The van der Waals surface area contributed by atoms with E-state index in [0.717, 1.165) is 12.1 Å². The van der Waals surface area contributed by atoms with Crippen LogP contribution in [0, 0.1) is 11.6 Å². The average Bonchev–Trinajstić information content (AvgIpc) is 2.65. The zero-order valence-electron chi connectivity index (χ0n) is 14.1. The van der Waals surface area contributed by atoms with E-state index < -0.39 is 23.2 Å². The molecule has 0 radical (unpaired) electrons. The van der Waals surface area contributed by atoms with Crippen LogP contribution in [0.15, 0.2) is 54.7 Å². The number of nitrogens with one attached hydrogen (secondary N) is 2. The molecule has 0 aliphatic carbocycles. The van der Waals surface area contributed by atoms with Crippen molar-refractivity contribution >= 4 is 34.7 Å². The highest BCUT2D eigenvalue weighted by Gasteiger charge is 2.14. The Morgan fingerprint density at radius 1 is 1.11 bits per heavy atom. The van der Waals surface area contributed by atoms with Crippen LogP contribution in [-0.2, 0) is 0 Å². The highest BCUT2D eigenvalue weighted by atomic mass is 35.5. The van der Waals surface area contributed by atoms with Gasteiger partial charge in [0.1, 0.15) is 28.9 Å². The first-order valence-corrected chi connectivity index (χ1v) is 8.17. The van der Waals surface area contributed by atoms with Crippen LogP contribution in [0.1, 0.15) is 10.4 Å². The molecular formula is C19H14ClF2N3O2. The van der Waals surface area contributed by atoms with Crippen LogP contribution in [0.5, 0.6) is 5.75 Å². The van der Waals surface area contributed by atoms with Crippen molar-refractivity contribution in [1.82, 2.24) is 4.98 Å². The summed E-state index contributed by atoms with van der Waals surface area (Å²) in [6.45, 7) is 0. The number of amides is 1. The number of hydrogen-bond acceptors (Lipinski definition) is 4. The monoisotopic (exact) mass is 389 g/mol. The van der Waals surface area contributed by atoms with E-state index in [-0.39, 0.29) is 5.56 Å². The number of para-hydroxylation sites is 1. The molecule has 0 spiro atoms. The molecule has 27 heavy (non-hydrogen) atoms. The number of aromatic nitrogens is 1. The summed E-state index contributed by atoms with van der Waals surface area (Å²) >= 11 is 6.08. The van der Waals surface area contributed by atoms with Crippen molar-refractivity contribution in [3.63, 3.8) is 0 Å². The predicted molar refractivity (Wildman–Crippen MR) is 99.8 cm³/mol. The SMILES string of the molecule is COc1ccc(Nc2cc(C(=O)Nc3c(F)cccc3F)ccn2)cc1Cl. The number of rotatable bonds is 5. The van der Waals surface area contributed by atoms with Crippen LogP contribution in [0.2, 0.25) is 5.02 Å². The van der Waals surface area contributed by atoms with Crippen LogP contribution in [0.3, 0.4) is 0 Å². The Balaban J connectivity index is 1.79. The molecule has 5 nitrogen and oxygen atoms in total. The summed E-state index contributed by atoms with van der Waals surface area (Å²) in [5.41, 5.74) is 0.302. The van der Waals surface area contributed by atoms with Gasteiger partial charge in [0, 0.05) is 17.4 Å². The standard InChI is InChI=1S/C19H14ClF2N3O2/c1-27-16-6-5-12(10-13(16)20)24-17-9-11(7-8-23-17)19(26)25-18-14(21)3-2-4-15(18)22/h2-10H,1H3,(H,23,24)(H,25,26). The first-order chi connectivity index (χ1) is 13.0. The Kier molecular flexibility index (Phi) is 5.52. The molecule has 0 bridgehead atoms. The minimum absolute atomic E-state index is 0.176. The lowest BCUT2D eigenvalue weighted by atomic mass is 10.2. The van der Waals surface area contributed by atoms with Gasteiger partial charge in [-0.3, -0.25) is 4.79 Å². The van der Waals surface area contributed by atoms with E-state index in [2.05, 4.69) is 15.6 Å². The van der Waals surface area contributed by atoms with Gasteiger partial charge in [0.15, 0.2) is 0 Å². The maximum atomic E-state index is 13.7. The molecule has 138 valence electrons. The fraction of sp³-hybridized carbons (Fsp3) is 0.0526. The van der Waals surface area contributed by atoms with E-state index in [0.29, 0.717) is 22.3 Å². The topological polar surface area (TPSA) is 63.2 Å². The zero-order valence-corrected chi connectivity index (χ0v) is 14.8. The van der Waals surface area contributed by atoms with Gasteiger partial charge in [-0.15, -0.1) is 0 Å². The first kappa shape index (κ1) is 18.6. The van der Waals surface area contributed by atoms with Gasteiger partial charge in [-0.25, -0.2) is 13.8 Å². The maximum absolute atomic E-state index is 13.7. The average molecular weight is 390 g/mol. The lowest BCUT2D eigenvalue weighted by Crippen LogP contribution is -2.14. The third kappa shape index (κ3) is 4.32. The number of halogens is 3. The van der Waals surface area contributed by atoms with E-state index in [1.165, 1.54) is 31.5 Å². The number of carbonyl (C=O) groups is 1. The van der Waals surface area contributed by atoms with E-state index in [1.807, 2.05) is 0 Å². The Morgan fingerprint density at radius 2 is 1.85 bits per heavy atom. The second-order valence-corrected chi connectivity index (χ2v) is 5.86. The van der Waals surface area contributed by atoms with Crippen molar-refractivity contribution in [1.29, 1.82) is 0 Å². The van der Waals surface area contributed by atoms with Crippen molar-refractivity contribution in [3.8, 4) is 5.75 Å². The number of nitrogens with zero attached hydrogens (tertiary/aromatic N) is 1. The summed E-state index contributed by atoms with van der Waals surface area (Å²) in [6.07, 6.45) is 1.40. The lowest BCUT2D eigenvalue weighted by Gasteiger charge is -2.10. The molecule has 1 aromatic heterocycles. The van der Waals surface area contributed by atoms with E-state index in [4.69, 9.17) is 16.3 Å². The van der Waals surface area contributed by atoms with Crippen LogP contribution in [0.4, 0.5) is 26.0 Å². The molecule has 0 saturated heterocycles. The second-order valence-electron chi connectivity index (χ2n) is 5.45. The summed E-state index contributed by atoms with van der Waals surface area (Å²) in [4.78, 5) is 16.4. The number of benzene rings is 2. The number of ether oxygens (including phenoxy) is 1. The largest absolute Gasteiger partial charge is 0.495 e. The molecule has 0 aliphatic heterocycles. The summed E-state index contributed by atoms with van der Waals surface area (Å²) in [5.74, 6) is -1.50. The number of pyridine rings is 1. The van der Waals surface area contributed by atoms with Gasteiger partial charge < -0.3 is 15.4 Å². The molecule has 3 aromatic rings. The zero-order chi connectivity index (χ0) is 19.4. The fourth-order valence-electron chi connectivity index (χ4n) is 2.34. The van der Waals surface area contributed by atoms with Gasteiger partial charge in [0.2, 0.25) is 0 Å². The summed E-state index contributed by atoms with van der Waals surface area (Å²) < 4.78 is 32.5. The summed E-state index contributed by atoms with van der Waals surface area (Å²) in [7, 11) is 1.51. The van der Waals surface area contributed by atoms with Crippen LogP contribution >= 0.6 is 11.6 Å². The molecular weight excluding hydrogens is 376 g/mol. The molecule has 0 aliphatic rings. The van der Waals surface area contributed by atoms with Crippen LogP contribution in [0.25, 0.3) is 0 Å². The molecule has 1 heterocycles. The van der Waals surface area contributed by atoms with Gasteiger partial charge in [-0.05, 0) is 42.5 Å². The molecule has 1 amide bonds. The Morgan fingerprint density at radius 3 is 2.52 bits per heavy atom. The van der Waals surface area contributed by atoms with Gasteiger partial charge in [0.05, 0.1) is 12.1 Å². The van der Waals surface area contributed by atoms with E-state index >= 15 is 0 Å². The van der Waals surface area contributed by atoms with Gasteiger partial charge >= 0.3 is 0 Å². The van der Waals surface area contributed by atoms with Crippen LogP contribution in [-0.4, -0.2) is 18.0 Å².